The van der Waals surface area contributed by atoms with E-state index in [1.165, 1.54) is 11.8 Å². The summed E-state index contributed by atoms with van der Waals surface area (Å²) in [5.74, 6) is -0.452. The van der Waals surface area contributed by atoms with Crippen LogP contribution in [-0.4, -0.2) is 73.7 Å². The third-order valence-corrected chi connectivity index (χ3v) is 5.92. The van der Waals surface area contributed by atoms with Gasteiger partial charge in [-0.2, -0.15) is 0 Å². The molecule has 3 heterocycles. The van der Waals surface area contributed by atoms with Crippen LogP contribution in [0.5, 0.6) is 0 Å². The highest BCUT2D eigenvalue weighted by Crippen LogP contribution is 2.35. The third-order valence-electron chi connectivity index (χ3n) is 4.83. The van der Waals surface area contributed by atoms with E-state index in [0.717, 1.165) is 11.0 Å². The molecule has 1 amide bonds. The molecule has 4 rings (SSSR count). The minimum Gasteiger partial charge on any atom is -0.388 e. The monoisotopic (exact) mass is 405 g/mol. The number of ether oxygens (including phenoxy) is 1. The van der Waals surface area contributed by atoms with Crippen molar-refractivity contribution in [2.75, 3.05) is 13.1 Å². The van der Waals surface area contributed by atoms with Crippen LogP contribution in [0.3, 0.4) is 0 Å². The van der Waals surface area contributed by atoms with Crippen LogP contribution in [0.1, 0.15) is 6.92 Å². The number of rotatable bonds is 5. The average molecular weight is 405 g/mol. The molecule has 0 spiro atoms. The summed E-state index contributed by atoms with van der Waals surface area (Å²) in [6, 6.07) is 7.17. The second-order valence-corrected chi connectivity index (χ2v) is 7.78. The number of aromatic nitrogens is 2. The molecular formula is C18H23N5O4S. The largest absolute Gasteiger partial charge is 0.388 e. The van der Waals surface area contributed by atoms with Gasteiger partial charge in [-0.05, 0) is 19.1 Å². The van der Waals surface area contributed by atoms with Crippen LogP contribution in [-0.2, 0) is 16.1 Å². The Bertz CT molecular complexity index is 888. The fourth-order valence-electron chi connectivity index (χ4n) is 3.40. The summed E-state index contributed by atoms with van der Waals surface area (Å²) in [6.45, 7) is 3.52. The number of aliphatic imine (C=N–C) groups is 1. The zero-order chi connectivity index (χ0) is 19.7. The van der Waals surface area contributed by atoms with Crippen molar-refractivity contribution in [2.45, 2.75) is 43.3 Å². The number of carbonyl (C=O) groups is 1. The Morgan fingerprint density at radius 1 is 1.32 bits per heavy atom. The zero-order valence-electron chi connectivity index (χ0n) is 15.4. The van der Waals surface area contributed by atoms with Gasteiger partial charge in [0.25, 0.3) is 5.91 Å². The van der Waals surface area contributed by atoms with Crippen molar-refractivity contribution in [1.82, 2.24) is 20.2 Å². The highest BCUT2D eigenvalue weighted by atomic mass is 32.2. The molecule has 2 aromatic rings. The number of carbonyl (C=O) groups excluding carboxylic acids is 1. The van der Waals surface area contributed by atoms with E-state index in [0.29, 0.717) is 24.8 Å². The van der Waals surface area contributed by atoms with Gasteiger partial charge in [-0.1, -0.05) is 23.9 Å². The van der Waals surface area contributed by atoms with Gasteiger partial charge in [-0.25, -0.2) is 4.98 Å². The van der Waals surface area contributed by atoms with Gasteiger partial charge in [0.15, 0.2) is 11.3 Å². The number of hydrogen-bond acceptors (Lipinski definition) is 8. The number of nitrogens with zero attached hydrogens (tertiary/aromatic N) is 3. The number of amides is 1. The molecule has 1 aromatic carbocycles. The maximum absolute atomic E-state index is 12.5. The maximum atomic E-state index is 12.5. The molecule has 4 N–H and O–H groups in total. The maximum Gasteiger partial charge on any atom is 0.252 e. The summed E-state index contributed by atoms with van der Waals surface area (Å²) < 4.78 is 7.70. The van der Waals surface area contributed by atoms with Crippen molar-refractivity contribution in [3.05, 3.63) is 30.6 Å². The predicted molar refractivity (Wildman–Crippen MR) is 106 cm³/mol. The number of amidine groups is 1. The van der Waals surface area contributed by atoms with E-state index < -0.39 is 35.7 Å². The normalized spacial score (nSPS) is 29.4. The van der Waals surface area contributed by atoms with Crippen molar-refractivity contribution in [2.24, 2.45) is 4.99 Å². The second kappa shape index (κ2) is 8.08. The van der Waals surface area contributed by atoms with Gasteiger partial charge in [0.2, 0.25) is 0 Å². The third kappa shape index (κ3) is 3.60. The SMILES string of the molecule is CCNC1=N[C@@H]2[C@@H](O)[C@H](O)[C@@H](C(=O)NCCn3cnc4ccccc43)O[C@@H]2S1. The molecule has 1 fully saturated rings. The first-order valence-corrected chi connectivity index (χ1v) is 10.1. The van der Waals surface area contributed by atoms with E-state index >= 15 is 0 Å². The lowest BCUT2D eigenvalue weighted by Gasteiger charge is -2.37. The molecular weight excluding hydrogens is 382 g/mol. The number of thioether (sulfide) groups is 1. The van der Waals surface area contributed by atoms with Crippen LogP contribution in [0, 0.1) is 0 Å². The standard InChI is InChI=1S/C18H23N5O4S/c1-2-19-18-22-12-13(24)14(25)15(27-17(12)28-18)16(26)20-7-8-23-9-21-10-5-3-4-6-11(10)23/h3-6,9,12-15,17,24-25H,2,7-8H2,1H3,(H,19,22)(H,20,26)/t12-,13-,14+,15+,17-/m1/s1. The second-order valence-electron chi connectivity index (χ2n) is 6.70. The minimum atomic E-state index is -1.33. The molecule has 150 valence electrons. The summed E-state index contributed by atoms with van der Waals surface area (Å²) in [5.41, 5.74) is 1.38. The van der Waals surface area contributed by atoms with E-state index in [1.54, 1.807) is 6.33 Å². The van der Waals surface area contributed by atoms with Crippen molar-refractivity contribution in [3.63, 3.8) is 0 Å². The van der Waals surface area contributed by atoms with Crippen LogP contribution < -0.4 is 10.6 Å². The Kier molecular flexibility index (Phi) is 5.54. The first-order chi connectivity index (χ1) is 13.6. The first kappa shape index (κ1) is 19.2. The van der Waals surface area contributed by atoms with Gasteiger partial charge >= 0.3 is 0 Å². The van der Waals surface area contributed by atoms with Gasteiger partial charge < -0.3 is 30.2 Å². The molecule has 5 atom stereocenters. The summed E-state index contributed by atoms with van der Waals surface area (Å²) in [6.07, 6.45) is -1.90. The zero-order valence-corrected chi connectivity index (χ0v) is 16.2. The van der Waals surface area contributed by atoms with Crippen molar-refractivity contribution < 1.29 is 19.7 Å². The summed E-state index contributed by atoms with van der Waals surface area (Å²) in [5, 5.41) is 27.2. The van der Waals surface area contributed by atoms with Gasteiger partial charge in [0, 0.05) is 19.6 Å². The molecule has 1 saturated heterocycles. The molecule has 10 heteroatoms. The minimum absolute atomic E-state index is 0.349. The van der Waals surface area contributed by atoms with E-state index in [-0.39, 0.29) is 0 Å². The molecule has 9 nitrogen and oxygen atoms in total. The van der Waals surface area contributed by atoms with Crippen LogP contribution in [0.25, 0.3) is 11.0 Å². The van der Waals surface area contributed by atoms with Crippen molar-refractivity contribution in [1.29, 1.82) is 0 Å². The van der Waals surface area contributed by atoms with E-state index in [4.69, 9.17) is 4.74 Å². The number of nitrogens with one attached hydrogen (secondary N) is 2. The molecule has 0 bridgehead atoms. The summed E-state index contributed by atoms with van der Waals surface area (Å²) >= 11 is 1.32. The van der Waals surface area contributed by atoms with Crippen molar-refractivity contribution in [3.8, 4) is 0 Å². The summed E-state index contributed by atoms with van der Waals surface area (Å²) in [4.78, 5) is 21.2. The molecule has 1 aromatic heterocycles. The van der Waals surface area contributed by atoms with E-state index in [1.807, 2.05) is 35.8 Å². The summed E-state index contributed by atoms with van der Waals surface area (Å²) in [7, 11) is 0. The number of imidazole rings is 1. The number of para-hydroxylation sites is 2. The Hall–Kier alpha value is -2.14. The lowest BCUT2D eigenvalue weighted by atomic mass is 9.98. The number of aliphatic hydroxyl groups is 2. The molecule has 0 saturated carbocycles. The predicted octanol–water partition coefficient (Wildman–Crippen LogP) is -0.320. The Labute approximate surface area is 166 Å². The first-order valence-electron chi connectivity index (χ1n) is 9.26. The van der Waals surface area contributed by atoms with Gasteiger partial charge in [-0.3, -0.25) is 9.79 Å². The topological polar surface area (TPSA) is 121 Å². The van der Waals surface area contributed by atoms with E-state index in [9.17, 15) is 15.0 Å². The van der Waals surface area contributed by atoms with Gasteiger partial charge in [0.1, 0.15) is 23.7 Å². The van der Waals surface area contributed by atoms with Crippen LogP contribution in [0.4, 0.5) is 0 Å². The smallest absolute Gasteiger partial charge is 0.252 e. The number of aliphatic hydroxyl groups excluding tert-OH is 2. The van der Waals surface area contributed by atoms with Gasteiger partial charge in [-0.15, -0.1) is 0 Å². The quantitative estimate of drug-likeness (QED) is 0.538. The number of fused-ring (bicyclic) bond motifs is 2. The average Bonchev–Trinajstić information content (AvgIpc) is 3.29. The molecule has 0 aliphatic carbocycles. The van der Waals surface area contributed by atoms with Crippen molar-refractivity contribution >= 4 is 33.9 Å². The number of hydrogen-bond donors (Lipinski definition) is 4. The highest BCUT2D eigenvalue weighted by Gasteiger charge is 2.50. The van der Waals surface area contributed by atoms with Crippen LogP contribution >= 0.6 is 11.8 Å². The lowest BCUT2D eigenvalue weighted by Crippen LogP contribution is -2.59. The fraction of sp³-hybridized carbons (Fsp3) is 0.500. The fourth-order valence-corrected chi connectivity index (χ4v) is 4.57. The van der Waals surface area contributed by atoms with Crippen LogP contribution in [0.15, 0.2) is 35.6 Å². The Morgan fingerprint density at radius 3 is 2.96 bits per heavy atom. The van der Waals surface area contributed by atoms with Crippen LogP contribution in [0.2, 0.25) is 0 Å². The lowest BCUT2D eigenvalue weighted by molar-refractivity contribution is -0.171. The Morgan fingerprint density at radius 2 is 2.14 bits per heavy atom. The molecule has 0 radical (unpaired) electrons. The molecule has 28 heavy (non-hydrogen) atoms. The highest BCUT2D eigenvalue weighted by molar-refractivity contribution is 8.14. The van der Waals surface area contributed by atoms with Gasteiger partial charge in [0.05, 0.1) is 17.4 Å². The number of benzene rings is 1. The van der Waals surface area contributed by atoms with E-state index in [2.05, 4.69) is 20.6 Å². The molecule has 0 unspecified atom stereocenters. The molecule has 2 aliphatic heterocycles. The Balaban J connectivity index is 1.35. The molecule has 2 aliphatic rings.